The summed E-state index contributed by atoms with van der Waals surface area (Å²) in [6.45, 7) is 3.11. The molecule has 5 nitrogen and oxygen atoms in total. The zero-order valence-electron chi connectivity index (χ0n) is 10.3. The number of nitrogens with one attached hydrogen (secondary N) is 1. The summed E-state index contributed by atoms with van der Waals surface area (Å²) in [5, 5.41) is 12.8. The van der Waals surface area contributed by atoms with Crippen LogP contribution in [0.2, 0.25) is 0 Å². The van der Waals surface area contributed by atoms with Crippen molar-refractivity contribution >= 4 is 23.4 Å². The van der Waals surface area contributed by atoms with Gasteiger partial charge in [-0.25, -0.2) is 9.97 Å². The standard InChI is InChI=1S/C11H20N4OS/c1-8(7-16)4-3-5-13-10-6-9(12)14-11(15-10)17-2/h6,8,16H,3-5,7H2,1-2H3,(H3,12,13,14,15). The summed E-state index contributed by atoms with van der Waals surface area (Å²) in [6.07, 6.45) is 3.92. The second-order valence-electron chi connectivity index (χ2n) is 4.02. The van der Waals surface area contributed by atoms with Crippen molar-refractivity contribution in [3.63, 3.8) is 0 Å². The lowest BCUT2D eigenvalue weighted by Crippen LogP contribution is -2.08. The highest BCUT2D eigenvalue weighted by atomic mass is 32.2. The molecular weight excluding hydrogens is 236 g/mol. The first kappa shape index (κ1) is 14.1. The van der Waals surface area contributed by atoms with Crippen molar-refractivity contribution in [2.45, 2.75) is 24.9 Å². The molecule has 6 heteroatoms. The van der Waals surface area contributed by atoms with Gasteiger partial charge in [0.2, 0.25) is 0 Å². The molecule has 0 saturated heterocycles. The minimum atomic E-state index is 0.247. The molecule has 1 atom stereocenters. The number of nitrogens with zero attached hydrogens (tertiary/aromatic N) is 2. The molecule has 0 aliphatic rings. The fourth-order valence-corrected chi connectivity index (χ4v) is 1.77. The monoisotopic (exact) mass is 256 g/mol. The lowest BCUT2D eigenvalue weighted by atomic mass is 10.1. The largest absolute Gasteiger partial charge is 0.396 e. The molecule has 1 heterocycles. The molecule has 0 saturated carbocycles. The molecule has 1 aromatic rings. The number of aliphatic hydroxyl groups is 1. The van der Waals surface area contributed by atoms with Crippen molar-refractivity contribution in [2.75, 3.05) is 30.5 Å². The van der Waals surface area contributed by atoms with E-state index < -0.39 is 0 Å². The molecule has 4 N–H and O–H groups in total. The quantitative estimate of drug-likeness (QED) is 0.390. The van der Waals surface area contributed by atoms with Crippen LogP contribution in [0.15, 0.2) is 11.2 Å². The molecule has 1 unspecified atom stereocenters. The fraction of sp³-hybridized carbons (Fsp3) is 0.636. The van der Waals surface area contributed by atoms with Gasteiger partial charge in [0.25, 0.3) is 0 Å². The van der Waals surface area contributed by atoms with Crippen LogP contribution in [-0.2, 0) is 0 Å². The molecule has 1 aromatic heterocycles. The van der Waals surface area contributed by atoms with Crippen molar-refractivity contribution in [3.8, 4) is 0 Å². The van der Waals surface area contributed by atoms with Crippen LogP contribution in [0.25, 0.3) is 0 Å². The first-order valence-electron chi connectivity index (χ1n) is 5.69. The first-order chi connectivity index (χ1) is 8.15. The van der Waals surface area contributed by atoms with E-state index in [4.69, 9.17) is 10.8 Å². The number of aliphatic hydroxyl groups excluding tert-OH is 1. The minimum Gasteiger partial charge on any atom is -0.396 e. The summed E-state index contributed by atoms with van der Waals surface area (Å²) in [4.78, 5) is 8.38. The second kappa shape index (κ2) is 7.34. The van der Waals surface area contributed by atoms with E-state index >= 15 is 0 Å². The van der Waals surface area contributed by atoms with Gasteiger partial charge in [-0.2, -0.15) is 0 Å². The van der Waals surface area contributed by atoms with Gasteiger partial charge in [-0.3, -0.25) is 0 Å². The summed E-state index contributed by atoms with van der Waals surface area (Å²) in [6, 6.07) is 1.73. The molecule has 0 fully saturated rings. The van der Waals surface area contributed by atoms with E-state index in [0.29, 0.717) is 16.9 Å². The number of hydrogen-bond acceptors (Lipinski definition) is 6. The number of aromatic nitrogens is 2. The molecule has 17 heavy (non-hydrogen) atoms. The summed E-state index contributed by atoms with van der Waals surface area (Å²) in [7, 11) is 0. The van der Waals surface area contributed by atoms with Crippen LogP contribution in [0.4, 0.5) is 11.6 Å². The van der Waals surface area contributed by atoms with E-state index in [0.717, 1.165) is 25.2 Å². The van der Waals surface area contributed by atoms with E-state index in [1.165, 1.54) is 11.8 Å². The van der Waals surface area contributed by atoms with Gasteiger partial charge in [0.1, 0.15) is 11.6 Å². The molecule has 0 spiro atoms. The summed E-state index contributed by atoms with van der Waals surface area (Å²) >= 11 is 1.47. The predicted octanol–water partition coefficient (Wildman–Crippen LogP) is 1.60. The lowest BCUT2D eigenvalue weighted by molar-refractivity contribution is 0.229. The van der Waals surface area contributed by atoms with Gasteiger partial charge in [-0.05, 0) is 25.0 Å². The lowest BCUT2D eigenvalue weighted by Gasteiger charge is -2.09. The van der Waals surface area contributed by atoms with E-state index in [9.17, 15) is 0 Å². The Morgan fingerprint density at radius 3 is 2.94 bits per heavy atom. The van der Waals surface area contributed by atoms with Crippen molar-refractivity contribution in [1.29, 1.82) is 0 Å². The molecular formula is C11H20N4OS. The Balaban J connectivity index is 2.38. The van der Waals surface area contributed by atoms with Gasteiger partial charge >= 0.3 is 0 Å². The van der Waals surface area contributed by atoms with Crippen LogP contribution in [-0.4, -0.2) is 34.5 Å². The van der Waals surface area contributed by atoms with E-state index in [1.807, 2.05) is 13.2 Å². The fourth-order valence-electron chi connectivity index (χ4n) is 1.38. The summed E-state index contributed by atoms with van der Waals surface area (Å²) in [5.41, 5.74) is 5.67. The maximum absolute atomic E-state index is 8.90. The number of rotatable bonds is 7. The molecule has 0 radical (unpaired) electrons. The number of nitrogen functional groups attached to an aromatic ring is 1. The molecule has 0 bridgehead atoms. The van der Waals surface area contributed by atoms with Crippen LogP contribution in [0.3, 0.4) is 0 Å². The van der Waals surface area contributed by atoms with Gasteiger partial charge in [0.15, 0.2) is 5.16 Å². The van der Waals surface area contributed by atoms with E-state index in [1.54, 1.807) is 6.07 Å². The number of anilines is 2. The van der Waals surface area contributed by atoms with Crippen molar-refractivity contribution in [2.24, 2.45) is 5.92 Å². The average Bonchev–Trinajstić information content (AvgIpc) is 2.33. The second-order valence-corrected chi connectivity index (χ2v) is 4.79. The third-order valence-electron chi connectivity index (χ3n) is 2.40. The van der Waals surface area contributed by atoms with Gasteiger partial charge in [0.05, 0.1) is 0 Å². The molecule has 96 valence electrons. The van der Waals surface area contributed by atoms with Crippen molar-refractivity contribution in [3.05, 3.63) is 6.07 Å². The maximum atomic E-state index is 8.90. The Bertz CT molecular complexity index is 348. The highest BCUT2D eigenvalue weighted by molar-refractivity contribution is 7.98. The van der Waals surface area contributed by atoms with Crippen molar-refractivity contribution in [1.82, 2.24) is 9.97 Å². The Kier molecular flexibility index (Phi) is 6.07. The maximum Gasteiger partial charge on any atom is 0.191 e. The van der Waals surface area contributed by atoms with Crippen LogP contribution in [0.5, 0.6) is 0 Å². The Morgan fingerprint density at radius 2 is 2.29 bits per heavy atom. The van der Waals surface area contributed by atoms with Gasteiger partial charge < -0.3 is 16.2 Å². The van der Waals surface area contributed by atoms with Crippen LogP contribution < -0.4 is 11.1 Å². The Morgan fingerprint density at radius 1 is 1.53 bits per heavy atom. The van der Waals surface area contributed by atoms with E-state index in [-0.39, 0.29) is 6.61 Å². The predicted molar refractivity (Wildman–Crippen MR) is 72.2 cm³/mol. The third-order valence-corrected chi connectivity index (χ3v) is 2.95. The minimum absolute atomic E-state index is 0.247. The van der Waals surface area contributed by atoms with E-state index in [2.05, 4.69) is 15.3 Å². The molecule has 0 aromatic carbocycles. The first-order valence-corrected chi connectivity index (χ1v) is 6.91. The third kappa shape index (κ3) is 5.23. The average molecular weight is 256 g/mol. The molecule has 0 aliphatic heterocycles. The number of nitrogens with two attached hydrogens (primary N) is 1. The molecule has 0 aliphatic carbocycles. The smallest absolute Gasteiger partial charge is 0.191 e. The van der Waals surface area contributed by atoms with Crippen LogP contribution in [0.1, 0.15) is 19.8 Å². The van der Waals surface area contributed by atoms with Gasteiger partial charge in [-0.1, -0.05) is 18.7 Å². The normalized spacial score (nSPS) is 12.4. The SMILES string of the molecule is CSc1nc(N)cc(NCCCC(C)CO)n1. The Hall–Kier alpha value is -1.01. The topological polar surface area (TPSA) is 84.1 Å². The summed E-state index contributed by atoms with van der Waals surface area (Å²) < 4.78 is 0. The Labute approximate surface area is 106 Å². The van der Waals surface area contributed by atoms with Crippen LogP contribution in [0, 0.1) is 5.92 Å². The highest BCUT2D eigenvalue weighted by Crippen LogP contribution is 2.15. The van der Waals surface area contributed by atoms with Gasteiger partial charge in [-0.15, -0.1) is 0 Å². The zero-order valence-corrected chi connectivity index (χ0v) is 11.1. The summed E-state index contributed by atoms with van der Waals surface area (Å²) in [5.74, 6) is 1.60. The van der Waals surface area contributed by atoms with Gasteiger partial charge in [0, 0.05) is 19.2 Å². The van der Waals surface area contributed by atoms with Crippen molar-refractivity contribution < 1.29 is 5.11 Å². The molecule has 0 amide bonds. The number of thioether (sulfide) groups is 1. The zero-order chi connectivity index (χ0) is 12.7. The highest BCUT2D eigenvalue weighted by Gasteiger charge is 2.02. The molecule has 1 rings (SSSR count). The van der Waals surface area contributed by atoms with Crippen LogP contribution >= 0.6 is 11.8 Å². The number of hydrogen-bond donors (Lipinski definition) is 3.